The standard InChI is InChI=1S/C47H31N3O/c1-47(2)38-20-9-6-15-30(38)35-26-36-31-16-8-11-22-41(31)50(42(36)27-39(35)47)29-23-24-43-37(25-29)32-18-12-19-34(45(32)51-43)46-48-40-21-10-7-17-33(40)44(49-46)28-13-4-3-5-14-28/h3-27H,1-2H3. The highest BCUT2D eigenvalue weighted by Crippen LogP contribution is 2.51. The van der Waals surface area contributed by atoms with E-state index in [1.165, 1.54) is 44.1 Å². The summed E-state index contributed by atoms with van der Waals surface area (Å²) in [5, 5.41) is 5.64. The van der Waals surface area contributed by atoms with Crippen molar-refractivity contribution in [1.29, 1.82) is 0 Å². The van der Waals surface area contributed by atoms with Gasteiger partial charge in [-0.2, -0.15) is 0 Å². The predicted octanol–water partition coefficient (Wildman–Crippen LogP) is 12.3. The van der Waals surface area contributed by atoms with E-state index in [1.807, 2.05) is 30.3 Å². The van der Waals surface area contributed by atoms with Gasteiger partial charge < -0.3 is 8.98 Å². The fourth-order valence-electron chi connectivity index (χ4n) is 8.56. The number of furan rings is 1. The number of rotatable bonds is 3. The molecule has 10 aromatic rings. The Kier molecular flexibility index (Phi) is 5.70. The Balaban J connectivity index is 1.13. The molecule has 0 amide bonds. The molecule has 0 unspecified atom stereocenters. The fourth-order valence-corrected chi connectivity index (χ4v) is 8.56. The summed E-state index contributed by atoms with van der Waals surface area (Å²) in [5.41, 5.74) is 14.2. The molecule has 4 nitrogen and oxygen atoms in total. The lowest BCUT2D eigenvalue weighted by molar-refractivity contribution is 0.661. The maximum absolute atomic E-state index is 6.68. The lowest BCUT2D eigenvalue weighted by Gasteiger charge is -2.21. The average Bonchev–Trinajstić information content (AvgIpc) is 3.79. The van der Waals surface area contributed by atoms with Crippen molar-refractivity contribution in [3.63, 3.8) is 0 Å². The van der Waals surface area contributed by atoms with Crippen LogP contribution in [-0.4, -0.2) is 14.5 Å². The molecule has 0 fully saturated rings. The van der Waals surface area contributed by atoms with Crippen molar-refractivity contribution in [2.24, 2.45) is 0 Å². The first-order chi connectivity index (χ1) is 25.0. The summed E-state index contributed by atoms with van der Waals surface area (Å²) in [7, 11) is 0. The van der Waals surface area contributed by atoms with E-state index in [0.29, 0.717) is 5.82 Å². The molecule has 1 aliphatic rings. The largest absolute Gasteiger partial charge is 0.455 e. The molecular formula is C47H31N3O. The highest BCUT2D eigenvalue weighted by molar-refractivity contribution is 6.13. The number of aromatic nitrogens is 3. The first kappa shape index (κ1) is 28.3. The van der Waals surface area contributed by atoms with Crippen LogP contribution in [-0.2, 0) is 5.41 Å². The van der Waals surface area contributed by atoms with Gasteiger partial charge in [0.2, 0.25) is 0 Å². The second-order valence-corrected chi connectivity index (χ2v) is 14.2. The summed E-state index contributed by atoms with van der Waals surface area (Å²) < 4.78 is 9.10. The van der Waals surface area contributed by atoms with Crippen molar-refractivity contribution in [2.75, 3.05) is 0 Å². The van der Waals surface area contributed by atoms with Crippen molar-refractivity contribution in [2.45, 2.75) is 19.3 Å². The zero-order valence-electron chi connectivity index (χ0n) is 28.2. The Morgan fingerprint density at radius 1 is 0.510 bits per heavy atom. The van der Waals surface area contributed by atoms with Crippen LogP contribution in [0.1, 0.15) is 25.0 Å². The van der Waals surface area contributed by atoms with E-state index < -0.39 is 0 Å². The normalized spacial score (nSPS) is 13.5. The van der Waals surface area contributed by atoms with Crippen LogP contribution < -0.4 is 0 Å². The Bertz CT molecular complexity index is 3060. The van der Waals surface area contributed by atoms with E-state index in [4.69, 9.17) is 14.4 Å². The quantitative estimate of drug-likeness (QED) is 0.191. The summed E-state index contributed by atoms with van der Waals surface area (Å²) in [6.07, 6.45) is 0. The summed E-state index contributed by atoms with van der Waals surface area (Å²) in [5.74, 6) is 0.650. The minimum absolute atomic E-state index is 0.0896. The van der Waals surface area contributed by atoms with Crippen molar-refractivity contribution >= 4 is 54.6 Å². The molecule has 11 rings (SSSR count). The number of benzene rings is 7. The summed E-state index contributed by atoms with van der Waals surface area (Å²) in [6.45, 7) is 4.69. The van der Waals surface area contributed by atoms with Gasteiger partial charge in [0.05, 0.1) is 27.8 Å². The van der Waals surface area contributed by atoms with Crippen LogP contribution in [0.25, 0.3) is 94.1 Å². The van der Waals surface area contributed by atoms with Crippen molar-refractivity contribution in [1.82, 2.24) is 14.5 Å². The maximum Gasteiger partial charge on any atom is 0.164 e. The van der Waals surface area contributed by atoms with Crippen LogP contribution >= 0.6 is 0 Å². The third kappa shape index (κ3) is 3.96. The Hall–Kier alpha value is -6.52. The van der Waals surface area contributed by atoms with Crippen molar-refractivity contribution < 1.29 is 4.42 Å². The van der Waals surface area contributed by atoms with E-state index in [0.717, 1.165) is 55.3 Å². The number of nitrogens with zero attached hydrogens (tertiary/aromatic N) is 3. The second-order valence-electron chi connectivity index (χ2n) is 14.2. The lowest BCUT2D eigenvalue weighted by atomic mass is 9.82. The highest BCUT2D eigenvalue weighted by Gasteiger charge is 2.36. The summed E-state index contributed by atoms with van der Waals surface area (Å²) in [6, 6.07) is 53.9. The van der Waals surface area contributed by atoms with Gasteiger partial charge in [-0.1, -0.05) is 117 Å². The van der Waals surface area contributed by atoms with Gasteiger partial charge in [0.25, 0.3) is 0 Å². The highest BCUT2D eigenvalue weighted by atomic mass is 16.3. The molecule has 0 atom stereocenters. The number of para-hydroxylation sites is 3. The van der Waals surface area contributed by atoms with Gasteiger partial charge in [-0.3, -0.25) is 0 Å². The molecule has 0 N–H and O–H groups in total. The fraction of sp³-hybridized carbons (Fsp3) is 0.0638. The minimum Gasteiger partial charge on any atom is -0.455 e. The maximum atomic E-state index is 6.68. The Labute approximate surface area is 294 Å². The Morgan fingerprint density at radius 2 is 1.25 bits per heavy atom. The summed E-state index contributed by atoms with van der Waals surface area (Å²) >= 11 is 0. The van der Waals surface area contributed by atoms with E-state index >= 15 is 0 Å². The van der Waals surface area contributed by atoms with Crippen LogP contribution in [0.15, 0.2) is 156 Å². The lowest BCUT2D eigenvalue weighted by Crippen LogP contribution is -2.14. The number of hydrogen-bond acceptors (Lipinski definition) is 3. The Morgan fingerprint density at radius 3 is 2.16 bits per heavy atom. The van der Waals surface area contributed by atoms with Gasteiger partial charge in [0, 0.05) is 43.6 Å². The monoisotopic (exact) mass is 653 g/mol. The minimum atomic E-state index is -0.0896. The molecule has 3 heterocycles. The molecule has 0 spiro atoms. The zero-order valence-corrected chi connectivity index (χ0v) is 28.2. The van der Waals surface area contributed by atoms with E-state index in [2.05, 4.69) is 140 Å². The van der Waals surface area contributed by atoms with Crippen LogP contribution in [0.4, 0.5) is 0 Å². The molecule has 0 radical (unpaired) electrons. The van der Waals surface area contributed by atoms with Crippen LogP contribution in [0, 0.1) is 0 Å². The molecule has 3 aromatic heterocycles. The third-order valence-corrected chi connectivity index (χ3v) is 11.0. The number of fused-ring (bicyclic) bond motifs is 10. The predicted molar refractivity (Wildman–Crippen MR) is 210 cm³/mol. The first-order valence-corrected chi connectivity index (χ1v) is 17.5. The first-order valence-electron chi connectivity index (χ1n) is 17.5. The van der Waals surface area contributed by atoms with Gasteiger partial charge in [-0.15, -0.1) is 0 Å². The SMILES string of the molecule is CC1(C)c2ccccc2-c2cc3c4ccccc4n(-c4ccc5oc6c(-c7nc(-c8ccccc8)c8ccccc8n7)cccc6c5c4)c3cc21. The molecule has 1 aliphatic carbocycles. The summed E-state index contributed by atoms with van der Waals surface area (Å²) in [4.78, 5) is 10.2. The molecular weight excluding hydrogens is 623 g/mol. The van der Waals surface area contributed by atoms with Gasteiger partial charge in [0.1, 0.15) is 11.2 Å². The van der Waals surface area contributed by atoms with Crippen molar-refractivity contribution in [3.05, 3.63) is 163 Å². The van der Waals surface area contributed by atoms with Gasteiger partial charge in [0.15, 0.2) is 5.82 Å². The molecule has 7 aromatic carbocycles. The van der Waals surface area contributed by atoms with Gasteiger partial charge in [-0.25, -0.2) is 9.97 Å². The van der Waals surface area contributed by atoms with Gasteiger partial charge >= 0.3 is 0 Å². The van der Waals surface area contributed by atoms with Gasteiger partial charge in [-0.05, 0) is 70.8 Å². The molecule has 51 heavy (non-hydrogen) atoms. The van der Waals surface area contributed by atoms with E-state index in [1.54, 1.807) is 0 Å². The zero-order chi connectivity index (χ0) is 33.8. The van der Waals surface area contributed by atoms with Crippen molar-refractivity contribution in [3.8, 4) is 39.5 Å². The smallest absolute Gasteiger partial charge is 0.164 e. The van der Waals surface area contributed by atoms with E-state index in [9.17, 15) is 0 Å². The average molecular weight is 654 g/mol. The number of hydrogen-bond donors (Lipinski definition) is 0. The molecule has 0 aliphatic heterocycles. The molecule has 240 valence electrons. The van der Waals surface area contributed by atoms with Crippen LogP contribution in [0.5, 0.6) is 0 Å². The topological polar surface area (TPSA) is 43.9 Å². The molecule has 4 heteroatoms. The third-order valence-electron chi connectivity index (χ3n) is 11.0. The second kappa shape index (κ2) is 10.3. The van der Waals surface area contributed by atoms with Crippen LogP contribution in [0.3, 0.4) is 0 Å². The molecule has 0 saturated carbocycles. The molecule has 0 saturated heterocycles. The van der Waals surface area contributed by atoms with E-state index in [-0.39, 0.29) is 5.41 Å². The molecule has 0 bridgehead atoms. The van der Waals surface area contributed by atoms with Crippen LogP contribution in [0.2, 0.25) is 0 Å².